The standard InChI is InChI=1S/C15H18N2S/c1-10-6-7-11(2)14(9-10)18-15-13(12(3)16)5-4-8-17-15/h4-9,12H,16H2,1-3H3/t12-/m0/s1. The molecule has 0 spiro atoms. The third-order valence-corrected chi connectivity index (χ3v) is 4.04. The van der Waals surface area contributed by atoms with Crippen molar-refractivity contribution < 1.29 is 0 Å². The lowest BCUT2D eigenvalue weighted by Gasteiger charge is -2.12. The van der Waals surface area contributed by atoms with Gasteiger partial charge in [0.2, 0.25) is 0 Å². The lowest BCUT2D eigenvalue weighted by Crippen LogP contribution is -2.07. The minimum Gasteiger partial charge on any atom is -0.324 e. The molecule has 0 aliphatic rings. The summed E-state index contributed by atoms with van der Waals surface area (Å²) in [6, 6.07) is 10.5. The van der Waals surface area contributed by atoms with E-state index in [4.69, 9.17) is 5.73 Å². The molecule has 3 heteroatoms. The second-order valence-corrected chi connectivity index (χ2v) is 5.59. The lowest BCUT2D eigenvalue weighted by molar-refractivity contribution is 0.779. The van der Waals surface area contributed by atoms with Crippen LogP contribution >= 0.6 is 11.8 Å². The van der Waals surface area contributed by atoms with Crippen LogP contribution in [0.25, 0.3) is 0 Å². The summed E-state index contributed by atoms with van der Waals surface area (Å²) in [5.41, 5.74) is 9.62. The predicted octanol–water partition coefficient (Wildman–Crippen LogP) is 3.87. The molecule has 0 amide bonds. The van der Waals surface area contributed by atoms with Gasteiger partial charge in [0.05, 0.1) is 0 Å². The number of rotatable bonds is 3. The number of hydrogen-bond acceptors (Lipinski definition) is 3. The van der Waals surface area contributed by atoms with Gasteiger partial charge >= 0.3 is 0 Å². The zero-order chi connectivity index (χ0) is 13.1. The van der Waals surface area contributed by atoms with Crippen LogP contribution in [0.2, 0.25) is 0 Å². The summed E-state index contributed by atoms with van der Waals surface area (Å²) >= 11 is 1.69. The Hall–Kier alpha value is -1.32. The van der Waals surface area contributed by atoms with Crippen molar-refractivity contribution in [3.8, 4) is 0 Å². The van der Waals surface area contributed by atoms with Gasteiger partial charge < -0.3 is 5.73 Å². The van der Waals surface area contributed by atoms with E-state index < -0.39 is 0 Å². The maximum absolute atomic E-state index is 5.98. The van der Waals surface area contributed by atoms with Gasteiger partial charge in [0.15, 0.2) is 0 Å². The molecule has 18 heavy (non-hydrogen) atoms. The molecule has 0 fully saturated rings. The van der Waals surface area contributed by atoms with Crippen molar-refractivity contribution >= 4 is 11.8 Å². The fraction of sp³-hybridized carbons (Fsp3) is 0.267. The Morgan fingerprint density at radius 1 is 1.22 bits per heavy atom. The van der Waals surface area contributed by atoms with Gasteiger partial charge in [-0.3, -0.25) is 0 Å². The molecular weight excluding hydrogens is 240 g/mol. The first-order chi connectivity index (χ1) is 8.58. The summed E-state index contributed by atoms with van der Waals surface area (Å²) in [5, 5.41) is 1.00. The van der Waals surface area contributed by atoms with E-state index in [0.29, 0.717) is 0 Å². The van der Waals surface area contributed by atoms with Gasteiger partial charge in [-0.15, -0.1) is 0 Å². The summed E-state index contributed by atoms with van der Waals surface area (Å²) in [4.78, 5) is 5.69. The largest absolute Gasteiger partial charge is 0.324 e. The first-order valence-electron chi connectivity index (χ1n) is 6.03. The summed E-state index contributed by atoms with van der Waals surface area (Å²) in [6.07, 6.45) is 1.82. The van der Waals surface area contributed by atoms with Crippen LogP contribution in [0.5, 0.6) is 0 Å². The van der Waals surface area contributed by atoms with Crippen molar-refractivity contribution in [3.63, 3.8) is 0 Å². The van der Waals surface area contributed by atoms with Crippen LogP contribution in [0.4, 0.5) is 0 Å². The lowest BCUT2D eigenvalue weighted by atomic mass is 10.2. The summed E-state index contributed by atoms with van der Waals surface area (Å²) in [5.74, 6) is 0. The molecule has 1 aromatic heterocycles. The van der Waals surface area contributed by atoms with E-state index in [0.717, 1.165) is 10.6 Å². The Kier molecular flexibility index (Phi) is 4.04. The van der Waals surface area contributed by atoms with Gasteiger partial charge in [0.1, 0.15) is 5.03 Å². The SMILES string of the molecule is Cc1ccc(C)c(Sc2ncccc2[C@H](C)N)c1. The zero-order valence-corrected chi connectivity index (χ0v) is 11.8. The molecule has 0 bridgehead atoms. The highest BCUT2D eigenvalue weighted by molar-refractivity contribution is 7.99. The topological polar surface area (TPSA) is 38.9 Å². The van der Waals surface area contributed by atoms with Crippen molar-refractivity contribution in [2.24, 2.45) is 5.73 Å². The molecule has 0 aliphatic heterocycles. The Bertz CT molecular complexity index is 550. The molecule has 1 aromatic carbocycles. The van der Waals surface area contributed by atoms with E-state index in [-0.39, 0.29) is 6.04 Å². The van der Waals surface area contributed by atoms with E-state index in [1.165, 1.54) is 16.0 Å². The maximum atomic E-state index is 5.98. The third-order valence-electron chi connectivity index (χ3n) is 2.84. The monoisotopic (exact) mass is 258 g/mol. The van der Waals surface area contributed by atoms with Crippen LogP contribution in [-0.2, 0) is 0 Å². The average molecular weight is 258 g/mol. The van der Waals surface area contributed by atoms with Crippen LogP contribution in [0.15, 0.2) is 46.5 Å². The van der Waals surface area contributed by atoms with Gasteiger partial charge in [0, 0.05) is 22.7 Å². The molecule has 2 aromatic rings. The van der Waals surface area contributed by atoms with Crippen LogP contribution in [0.1, 0.15) is 29.7 Å². The number of benzene rings is 1. The van der Waals surface area contributed by atoms with Gasteiger partial charge in [-0.05, 0) is 44.0 Å². The van der Waals surface area contributed by atoms with E-state index in [9.17, 15) is 0 Å². The van der Waals surface area contributed by atoms with Crippen molar-refractivity contribution in [3.05, 3.63) is 53.2 Å². The Balaban J connectivity index is 2.37. The highest BCUT2D eigenvalue weighted by atomic mass is 32.2. The summed E-state index contributed by atoms with van der Waals surface area (Å²) < 4.78 is 0. The number of nitrogens with two attached hydrogens (primary N) is 1. The number of pyridine rings is 1. The smallest absolute Gasteiger partial charge is 0.105 e. The van der Waals surface area contributed by atoms with Gasteiger partial charge in [-0.2, -0.15) is 0 Å². The maximum Gasteiger partial charge on any atom is 0.105 e. The molecule has 2 rings (SSSR count). The molecule has 2 nitrogen and oxygen atoms in total. The minimum absolute atomic E-state index is 0.00585. The highest BCUT2D eigenvalue weighted by Gasteiger charge is 2.10. The molecule has 0 aliphatic carbocycles. The third kappa shape index (κ3) is 2.92. The van der Waals surface area contributed by atoms with Crippen LogP contribution in [0.3, 0.4) is 0 Å². The fourth-order valence-corrected chi connectivity index (χ4v) is 2.92. The van der Waals surface area contributed by atoms with Crippen LogP contribution in [-0.4, -0.2) is 4.98 Å². The summed E-state index contributed by atoms with van der Waals surface area (Å²) in [7, 11) is 0. The zero-order valence-electron chi connectivity index (χ0n) is 11.0. The van der Waals surface area contributed by atoms with Crippen LogP contribution in [0, 0.1) is 13.8 Å². The van der Waals surface area contributed by atoms with E-state index >= 15 is 0 Å². The molecule has 1 atom stereocenters. The number of nitrogens with zero attached hydrogens (tertiary/aromatic N) is 1. The predicted molar refractivity (Wildman–Crippen MR) is 76.9 cm³/mol. The molecule has 0 radical (unpaired) electrons. The molecule has 2 N–H and O–H groups in total. The number of hydrogen-bond donors (Lipinski definition) is 1. The summed E-state index contributed by atoms with van der Waals surface area (Å²) in [6.45, 7) is 6.22. The Labute approximate surface area is 113 Å². The van der Waals surface area contributed by atoms with Crippen LogP contribution < -0.4 is 5.73 Å². The van der Waals surface area contributed by atoms with Crippen molar-refractivity contribution in [2.45, 2.75) is 36.7 Å². The second-order valence-electron chi connectivity index (χ2n) is 4.56. The highest BCUT2D eigenvalue weighted by Crippen LogP contribution is 2.33. The van der Waals surface area contributed by atoms with Crippen molar-refractivity contribution in [2.75, 3.05) is 0 Å². The minimum atomic E-state index is 0.00585. The number of aromatic nitrogens is 1. The average Bonchev–Trinajstić information content (AvgIpc) is 2.34. The van der Waals surface area contributed by atoms with Crippen molar-refractivity contribution in [1.29, 1.82) is 0 Å². The van der Waals surface area contributed by atoms with Gasteiger partial charge in [-0.1, -0.05) is 30.0 Å². The molecule has 0 saturated heterocycles. The van der Waals surface area contributed by atoms with Crippen molar-refractivity contribution in [1.82, 2.24) is 4.98 Å². The molecule has 0 unspecified atom stereocenters. The first-order valence-corrected chi connectivity index (χ1v) is 6.85. The fourth-order valence-electron chi connectivity index (χ4n) is 1.76. The van der Waals surface area contributed by atoms with E-state index in [2.05, 4.69) is 37.0 Å². The first kappa shape index (κ1) is 13.1. The molecule has 1 heterocycles. The quantitative estimate of drug-likeness (QED) is 0.908. The number of aryl methyl sites for hydroxylation is 2. The molecule has 0 saturated carbocycles. The second kappa shape index (κ2) is 5.55. The molecular formula is C15H18N2S. The normalized spacial score (nSPS) is 12.4. The van der Waals surface area contributed by atoms with Gasteiger partial charge in [-0.25, -0.2) is 4.98 Å². The van der Waals surface area contributed by atoms with Gasteiger partial charge in [0.25, 0.3) is 0 Å². The molecule has 94 valence electrons. The van der Waals surface area contributed by atoms with E-state index in [1.807, 2.05) is 25.3 Å². The Morgan fingerprint density at radius 3 is 2.72 bits per heavy atom. The van der Waals surface area contributed by atoms with E-state index in [1.54, 1.807) is 11.8 Å². The Morgan fingerprint density at radius 2 is 2.00 bits per heavy atom.